The molecule has 8 heteroatoms. The minimum atomic E-state index is -1.61. The third-order valence-electron chi connectivity index (χ3n) is 5.27. The van der Waals surface area contributed by atoms with Crippen LogP contribution in [0.15, 0.2) is 30.3 Å². The number of H-pyrrole nitrogens is 1. The van der Waals surface area contributed by atoms with E-state index in [9.17, 15) is 24.2 Å². The van der Waals surface area contributed by atoms with Gasteiger partial charge in [-0.1, -0.05) is 25.5 Å². The molecule has 0 unspecified atom stereocenters. The summed E-state index contributed by atoms with van der Waals surface area (Å²) in [6.45, 7) is 2.07. The summed E-state index contributed by atoms with van der Waals surface area (Å²) >= 11 is 0. The molecule has 0 radical (unpaired) electrons. The number of halogens is 1. The number of amides is 1. The first-order chi connectivity index (χ1) is 13.4. The summed E-state index contributed by atoms with van der Waals surface area (Å²) in [5.41, 5.74) is -0.0812. The highest BCUT2D eigenvalue weighted by atomic mass is 19.1. The van der Waals surface area contributed by atoms with Gasteiger partial charge in [0.2, 0.25) is 0 Å². The van der Waals surface area contributed by atoms with Gasteiger partial charge in [0.1, 0.15) is 16.9 Å². The zero-order valence-electron chi connectivity index (χ0n) is 15.7. The minimum absolute atomic E-state index is 0.0767. The van der Waals surface area contributed by atoms with Crippen LogP contribution in [0.3, 0.4) is 0 Å². The smallest absolute Gasteiger partial charge is 0.314 e. The summed E-state index contributed by atoms with van der Waals surface area (Å²) in [6, 6.07) is 7.31. The van der Waals surface area contributed by atoms with E-state index < -0.39 is 23.3 Å². The number of piperidine rings is 1. The molecule has 28 heavy (non-hydrogen) atoms. The Labute approximate surface area is 162 Å². The molecule has 2 atom stereocenters. The van der Waals surface area contributed by atoms with Gasteiger partial charge >= 0.3 is 5.97 Å². The van der Waals surface area contributed by atoms with E-state index in [2.05, 4.69) is 10.2 Å². The zero-order chi connectivity index (χ0) is 20.3. The van der Waals surface area contributed by atoms with Crippen LogP contribution in [0.25, 0.3) is 0 Å². The molecule has 0 saturated carbocycles. The zero-order valence-corrected chi connectivity index (χ0v) is 15.7. The van der Waals surface area contributed by atoms with Crippen molar-refractivity contribution < 1.29 is 24.2 Å². The standard InChI is InChI=1S/C20H24FN3O4/c1-2-4-15-10-16(23-22-15)18(26)24-8-7-17(25)20(12-24,19(27)28)11-13-5-3-6-14(21)9-13/h3,5-6,9-10,17,25H,2,4,7-8,11-12H2,1H3,(H,22,23)(H,27,28)/t17-,20+/m0/s1. The Hall–Kier alpha value is -2.74. The van der Waals surface area contributed by atoms with Crippen LogP contribution in [0.5, 0.6) is 0 Å². The summed E-state index contributed by atoms with van der Waals surface area (Å²) in [5.74, 6) is -2.07. The number of likely N-dealkylation sites (tertiary alicyclic amines) is 1. The van der Waals surface area contributed by atoms with Gasteiger partial charge in [0, 0.05) is 18.8 Å². The first kappa shape index (κ1) is 20.0. The number of aryl methyl sites for hydroxylation is 1. The highest BCUT2D eigenvalue weighted by Gasteiger charge is 2.50. The van der Waals surface area contributed by atoms with Gasteiger partial charge in [-0.05, 0) is 43.0 Å². The lowest BCUT2D eigenvalue weighted by atomic mass is 9.72. The molecule has 7 nitrogen and oxygen atoms in total. The second kappa shape index (κ2) is 8.10. The number of rotatable bonds is 6. The topological polar surface area (TPSA) is 107 Å². The largest absolute Gasteiger partial charge is 0.481 e. The number of aromatic amines is 1. The Morgan fingerprint density at radius 3 is 2.86 bits per heavy atom. The third-order valence-corrected chi connectivity index (χ3v) is 5.27. The SMILES string of the molecule is CCCc1cc(C(=O)N2CC[C@H](O)[C@](Cc3cccc(F)c3)(C(=O)O)C2)n[nH]1. The van der Waals surface area contributed by atoms with E-state index in [1.807, 2.05) is 6.92 Å². The van der Waals surface area contributed by atoms with Crippen molar-refractivity contribution in [3.05, 3.63) is 53.1 Å². The van der Waals surface area contributed by atoms with Crippen molar-refractivity contribution in [1.29, 1.82) is 0 Å². The maximum absolute atomic E-state index is 13.5. The van der Waals surface area contributed by atoms with Crippen LogP contribution in [0.4, 0.5) is 4.39 Å². The Morgan fingerprint density at radius 2 is 2.18 bits per heavy atom. The number of hydrogen-bond acceptors (Lipinski definition) is 4. The van der Waals surface area contributed by atoms with E-state index in [0.717, 1.165) is 18.5 Å². The number of carbonyl (C=O) groups is 2. The van der Waals surface area contributed by atoms with Crippen molar-refractivity contribution in [2.24, 2.45) is 5.41 Å². The van der Waals surface area contributed by atoms with Crippen molar-refractivity contribution in [1.82, 2.24) is 15.1 Å². The number of aliphatic hydroxyl groups is 1. The normalized spacial score (nSPS) is 22.2. The molecular formula is C20H24FN3O4. The van der Waals surface area contributed by atoms with Crippen molar-refractivity contribution in [2.75, 3.05) is 13.1 Å². The molecule has 150 valence electrons. The lowest BCUT2D eigenvalue weighted by Crippen LogP contribution is -2.58. The molecule has 1 saturated heterocycles. The molecule has 3 rings (SSSR count). The molecule has 1 amide bonds. The first-order valence-corrected chi connectivity index (χ1v) is 9.35. The number of nitrogens with zero attached hydrogens (tertiary/aromatic N) is 2. The predicted octanol–water partition coefficient (Wildman–Crippen LogP) is 2.02. The fourth-order valence-electron chi connectivity index (χ4n) is 3.75. The molecule has 2 aromatic rings. The van der Waals surface area contributed by atoms with Gasteiger partial charge in [0.25, 0.3) is 5.91 Å². The summed E-state index contributed by atoms with van der Waals surface area (Å²) < 4.78 is 13.5. The Kier molecular flexibility index (Phi) is 5.79. The number of aliphatic carboxylic acids is 1. The second-order valence-electron chi connectivity index (χ2n) is 7.33. The number of aromatic nitrogens is 2. The minimum Gasteiger partial charge on any atom is -0.481 e. The van der Waals surface area contributed by atoms with Crippen molar-refractivity contribution in [2.45, 2.75) is 38.7 Å². The van der Waals surface area contributed by atoms with Crippen molar-refractivity contribution in [3.8, 4) is 0 Å². The third kappa shape index (κ3) is 3.91. The van der Waals surface area contributed by atoms with E-state index in [4.69, 9.17) is 0 Å². The number of carboxylic acid groups (broad SMARTS) is 1. The quantitative estimate of drug-likeness (QED) is 0.701. The van der Waals surface area contributed by atoms with Gasteiger partial charge in [-0.15, -0.1) is 0 Å². The lowest BCUT2D eigenvalue weighted by molar-refractivity contribution is -0.161. The average molecular weight is 389 g/mol. The number of hydrogen-bond donors (Lipinski definition) is 3. The number of benzene rings is 1. The van der Waals surface area contributed by atoms with Crippen LogP contribution >= 0.6 is 0 Å². The van der Waals surface area contributed by atoms with Gasteiger partial charge in [0.05, 0.1) is 6.10 Å². The summed E-state index contributed by atoms with van der Waals surface area (Å²) in [5, 5.41) is 27.3. The van der Waals surface area contributed by atoms with Gasteiger partial charge < -0.3 is 15.1 Å². The highest BCUT2D eigenvalue weighted by molar-refractivity contribution is 5.93. The molecule has 0 spiro atoms. The van der Waals surface area contributed by atoms with E-state index in [1.165, 1.54) is 23.1 Å². The fraction of sp³-hybridized carbons (Fsp3) is 0.450. The average Bonchev–Trinajstić information content (AvgIpc) is 3.12. The van der Waals surface area contributed by atoms with E-state index in [1.54, 1.807) is 12.1 Å². The van der Waals surface area contributed by atoms with Crippen LogP contribution in [-0.4, -0.2) is 56.4 Å². The van der Waals surface area contributed by atoms with E-state index in [0.29, 0.717) is 5.56 Å². The number of carboxylic acids is 1. The van der Waals surface area contributed by atoms with Gasteiger partial charge in [-0.2, -0.15) is 5.10 Å². The number of carbonyl (C=O) groups excluding carboxylic acids is 1. The van der Waals surface area contributed by atoms with Gasteiger partial charge in [-0.3, -0.25) is 14.7 Å². The molecule has 2 heterocycles. The molecule has 0 aliphatic carbocycles. The van der Waals surface area contributed by atoms with E-state index >= 15 is 0 Å². The molecular weight excluding hydrogens is 365 g/mol. The summed E-state index contributed by atoms with van der Waals surface area (Å²) in [6.07, 6.45) is 0.568. The lowest BCUT2D eigenvalue weighted by Gasteiger charge is -2.43. The Balaban J connectivity index is 1.85. The van der Waals surface area contributed by atoms with Crippen molar-refractivity contribution >= 4 is 11.9 Å². The maximum atomic E-state index is 13.5. The van der Waals surface area contributed by atoms with Crippen LogP contribution in [0.2, 0.25) is 0 Å². The number of aliphatic hydroxyl groups excluding tert-OH is 1. The summed E-state index contributed by atoms with van der Waals surface area (Å²) in [7, 11) is 0. The summed E-state index contributed by atoms with van der Waals surface area (Å²) in [4.78, 5) is 26.4. The highest BCUT2D eigenvalue weighted by Crippen LogP contribution is 2.35. The molecule has 1 aliphatic rings. The van der Waals surface area contributed by atoms with Crippen LogP contribution < -0.4 is 0 Å². The molecule has 1 aliphatic heterocycles. The molecule has 1 fully saturated rings. The Bertz CT molecular complexity index is 869. The van der Waals surface area contributed by atoms with Gasteiger partial charge in [0.15, 0.2) is 0 Å². The fourth-order valence-corrected chi connectivity index (χ4v) is 3.75. The Morgan fingerprint density at radius 1 is 1.39 bits per heavy atom. The van der Waals surface area contributed by atoms with Crippen molar-refractivity contribution in [3.63, 3.8) is 0 Å². The van der Waals surface area contributed by atoms with E-state index in [-0.39, 0.29) is 37.5 Å². The molecule has 1 aromatic heterocycles. The second-order valence-corrected chi connectivity index (χ2v) is 7.33. The van der Waals surface area contributed by atoms with Crippen LogP contribution in [-0.2, 0) is 17.6 Å². The van der Waals surface area contributed by atoms with Crippen LogP contribution in [0.1, 0.15) is 41.5 Å². The molecule has 3 N–H and O–H groups in total. The molecule has 1 aromatic carbocycles. The number of nitrogens with one attached hydrogen (secondary N) is 1. The molecule has 0 bridgehead atoms. The predicted molar refractivity (Wildman–Crippen MR) is 99.3 cm³/mol. The monoisotopic (exact) mass is 389 g/mol. The first-order valence-electron chi connectivity index (χ1n) is 9.35. The van der Waals surface area contributed by atoms with Gasteiger partial charge in [-0.25, -0.2) is 4.39 Å². The van der Waals surface area contributed by atoms with Crippen LogP contribution in [0, 0.1) is 11.2 Å². The maximum Gasteiger partial charge on any atom is 0.314 e.